The van der Waals surface area contributed by atoms with Gasteiger partial charge in [-0.05, 0) is 35.6 Å². The molecule has 0 aromatic heterocycles. The molecule has 0 spiro atoms. The summed E-state index contributed by atoms with van der Waals surface area (Å²) in [6.07, 6.45) is 5.09. The number of benzene rings is 2. The number of nitrogens with zero attached hydrogens (tertiary/aromatic N) is 2. The minimum atomic E-state index is -0.442. The first-order valence-electron chi connectivity index (χ1n) is 8.42. The highest BCUT2D eigenvalue weighted by Gasteiger charge is 2.40. The zero-order valence-corrected chi connectivity index (χ0v) is 14.2. The lowest BCUT2D eigenvalue weighted by Gasteiger charge is -2.37. The van der Waals surface area contributed by atoms with Gasteiger partial charge in [-0.25, -0.2) is 0 Å². The van der Waals surface area contributed by atoms with E-state index in [1.54, 1.807) is 13.2 Å². The second-order valence-electron chi connectivity index (χ2n) is 6.58. The van der Waals surface area contributed by atoms with E-state index in [1.165, 1.54) is 6.07 Å². The molecule has 0 bridgehead atoms. The Balaban J connectivity index is 1.85. The molecule has 2 aliphatic rings. The molecule has 0 radical (unpaired) electrons. The van der Waals surface area contributed by atoms with E-state index < -0.39 is 4.92 Å². The van der Waals surface area contributed by atoms with Gasteiger partial charge in [-0.15, -0.1) is 0 Å². The summed E-state index contributed by atoms with van der Waals surface area (Å²) in [5, 5.41) is 24.3. The predicted octanol–water partition coefficient (Wildman–Crippen LogP) is 4.30. The predicted molar refractivity (Wildman–Crippen MR) is 97.2 cm³/mol. The second-order valence-corrected chi connectivity index (χ2v) is 6.58. The molecule has 130 valence electrons. The van der Waals surface area contributed by atoms with Crippen LogP contribution in [-0.4, -0.2) is 12.0 Å². The zero-order chi connectivity index (χ0) is 18.3. The van der Waals surface area contributed by atoms with Gasteiger partial charge in [-0.3, -0.25) is 10.1 Å². The normalized spacial score (nSPS) is 22.7. The first-order chi connectivity index (χ1) is 12.6. The smallest absolute Gasteiger partial charge is 0.271 e. The van der Waals surface area contributed by atoms with Gasteiger partial charge in [0.25, 0.3) is 5.69 Å². The molecule has 26 heavy (non-hydrogen) atoms. The highest BCUT2D eigenvalue weighted by Crippen LogP contribution is 2.51. The van der Waals surface area contributed by atoms with E-state index in [4.69, 9.17) is 4.74 Å². The van der Waals surface area contributed by atoms with Crippen LogP contribution in [0.5, 0.6) is 5.75 Å². The maximum Gasteiger partial charge on any atom is 0.271 e. The number of anilines is 1. The third kappa shape index (κ3) is 2.49. The van der Waals surface area contributed by atoms with Crippen molar-refractivity contribution in [2.24, 2.45) is 5.92 Å². The van der Waals surface area contributed by atoms with Gasteiger partial charge >= 0.3 is 0 Å². The van der Waals surface area contributed by atoms with Crippen LogP contribution in [0, 0.1) is 27.4 Å². The Morgan fingerprint density at radius 2 is 2.19 bits per heavy atom. The Bertz CT molecular complexity index is 961. The largest absolute Gasteiger partial charge is 0.497 e. The van der Waals surface area contributed by atoms with Crippen molar-refractivity contribution in [1.82, 2.24) is 0 Å². The van der Waals surface area contributed by atoms with E-state index in [-0.39, 0.29) is 23.6 Å². The molecule has 6 nitrogen and oxygen atoms in total. The molecule has 1 heterocycles. The summed E-state index contributed by atoms with van der Waals surface area (Å²) in [4.78, 5) is 10.8. The molecule has 0 unspecified atom stereocenters. The fourth-order valence-electron chi connectivity index (χ4n) is 4.04. The Morgan fingerprint density at radius 1 is 1.35 bits per heavy atom. The summed E-state index contributed by atoms with van der Waals surface area (Å²) >= 11 is 0. The summed E-state index contributed by atoms with van der Waals surface area (Å²) in [5.41, 5.74) is 2.87. The molecule has 1 aliphatic carbocycles. The lowest BCUT2D eigenvalue weighted by molar-refractivity contribution is -0.384. The van der Waals surface area contributed by atoms with Crippen LogP contribution in [0.25, 0.3) is 0 Å². The number of fused-ring (bicyclic) bond motifs is 3. The fraction of sp³-hybridized carbons (Fsp3) is 0.250. The Morgan fingerprint density at radius 3 is 2.92 bits per heavy atom. The van der Waals surface area contributed by atoms with Crippen molar-refractivity contribution in [2.75, 3.05) is 12.4 Å². The van der Waals surface area contributed by atoms with Crippen molar-refractivity contribution in [3.8, 4) is 11.8 Å². The lowest BCUT2D eigenvalue weighted by Crippen LogP contribution is -2.29. The molecule has 0 saturated carbocycles. The number of nitro benzene ring substituents is 1. The molecule has 1 N–H and O–H groups in total. The van der Waals surface area contributed by atoms with Crippen LogP contribution < -0.4 is 10.1 Å². The molecule has 0 fully saturated rings. The van der Waals surface area contributed by atoms with Gasteiger partial charge in [0.15, 0.2) is 0 Å². The topological polar surface area (TPSA) is 88.2 Å². The maximum absolute atomic E-state index is 11.2. The van der Waals surface area contributed by atoms with Crippen molar-refractivity contribution in [3.05, 3.63) is 75.4 Å². The van der Waals surface area contributed by atoms with E-state index in [0.29, 0.717) is 11.3 Å². The van der Waals surface area contributed by atoms with Gasteiger partial charge in [0.2, 0.25) is 0 Å². The van der Waals surface area contributed by atoms with Crippen LogP contribution in [0.1, 0.15) is 35.1 Å². The van der Waals surface area contributed by atoms with E-state index in [2.05, 4.69) is 23.5 Å². The number of rotatable bonds is 3. The minimum Gasteiger partial charge on any atom is -0.497 e. The molecule has 3 atom stereocenters. The van der Waals surface area contributed by atoms with Gasteiger partial charge in [0, 0.05) is 18.1 Å². The van der Waals surface area contributed by atoms with Crippen LogP contribution in [0.2, 0.25) is 0 Å². The van der Waals surface area contributed by atoms with Crippen molar-refractivity contribution in [3.63, 3.8) is 0 Å². The van der Waals surface area contributed by atoms with E-state index in [1.807, 2.05) is 24.3 Å². The summed E-state index contributed by atoms with van der Waals surface area (Å²) < 4.78 is 5.34. The molecule has 2 aromatic carbocycles. The molecule has 6 heteroatoms. The maximum atomic E-state index is 11.2. The van der Waals surface area contributed by atoms with Crippen LogP contribution in [-0.2, 0) is 0 Å². The van der Waals surface area contributed by atoms with E-state index >= 15 is 0 Å². The number of nitriles is 1. The van der Waals surface area contributed by atoms with Crippen LogP contribution in [0.15, 0.2) is 48.6 Å². The SMILES string of the molecule is COc1cccc([C@@H]2Nc3c(C#N)cc([N+](=O)[O-])cc3[C@@H]3C=CC[C@@H]32)c1. The summed E-state index contributed by atoms with van der Waals surface area (Å²) in [6.45, 7) is 0. The number of nitro groups is 1. The van der Waals surface area contributed by atoms with Crippen molar-refractivity contribution < 1.29 is 9.66 Å². The standard InChI is InChI=1S/C20H17N3O3/c1-26-15-5-2-4-12(9-15)19-17-7-3-6-16(17)18-10-14(23(24)25)8-13(11-21)20(18)22-19/h2-6,8-10,16-17,19,22H,7H2,1H3/t16-,17+,19+/m1/s1. The van der Waals surface area contributed by atoms with Crippen molar-refractivity contribution in [2.45, 2.75) is 18.4 Å². The monoisotopic (exact) mass is 347 g/mol. The molecular weight excluding hydrogens is 330 g/mol. The van der Waals surface area contributed by atoms with Gasteiger partial charge < -0.3 is 10.1 Å². The van der Waals surface area contributed by atoms with Crippen LogP contribution >= 0.6 is 0 Å². The van der Waals surface area contributed by atoms with Crippen molar-refractivity contribution >= 4 is 11.4 Å². The Kier molecular flexibility index (Phi) is 3.85. The molecular formula is C20H17N3O3. The molecule has 4 rings (SSSR count). The number of hydrogen-bond acceptors (Lipinski definition) is 5. The average Bonchev–Trinajstić information content (AvgIpc) is 3.16. The fourth-order valence-corrected chi connectivity index (χ4v) is 4.04. The first kappa shape index (κ1) is 16.2. The quantitative estimate of drug-likeness (QED) is 0.508. The van der Waals surface area contributed by atoms with E-state index in [0.717, 1.165) is 23.3 Å². The number of non-ortho nitro benzene ring substituents is 1. The second kappa shape index (κ2) is 6.19. The Hall–Kier alpha value is -3.33. The molecule has 1 aliphatic heterocycles. The molecule has 2 aromatic rings. The third-order valence-corrected chi connectivity index (χ3v) is 5.24. The lowest BCUT2D eigenvalue weighted by atomic mass is 9.76. The van der Waals surface area contributed by atoms with E-state index in [9.17, 15) is 15.4 Å². The highest BCUT2D eigenvalue weighted by molar-refractivity contribution is 5.71. The van der Waals surface area contributed by atoms with Gasteiger partial charge in [0.05, 0.1) is 29.3 Å². The number of hydrogen-bond donors (Lipinski definition) is 1. The van der Waals surface area contributed by atoms with Gasteiger partial charge in [-0.2, -0.15) is 5.26 Å². The number of allylic oxidation sites excluding steroid dienone is 2. The van der Waals surface area contributed by atoms with Crippen molar-refractivity contribution in [1.29, 1.82) is 5.26 Å². The number of methoxy groups -OCH3 is 1. The molecule has 0 amide bonds. The number of ether oxygens (including phenoxy) is 1. The Labute approximate surface area is 150 Å². The molecule has 0 saturated heterocycles. The summed E-state index contributed by atoms with van der Waals surface area (Å²) in [7, 11) is 1.63. The first-order valence-corrected chi connectivity index (χ1v) is 8.42. The van der Waals surface area contributed by atoms with Gasteiger partial charge in [0.1, 0.15) is 11.8 Å². The van der Waals surface area contributed by atoms with Gasteiger partial charge in [-0.1, -0.05) is 24.3 Å². The average molecular weight is 347 g/mol. The van der Waals surface area contributed by atoms with Crippen LogP contribution in [0.4, 0.5) is 11.4 Å². The highest BCUT2D eigenvalue weighted by atomic mass is 16.6. The summed E-state index contributed by atoms with van der Waals surface area (Å²) in [5.74, 6) is 1.07. The number of nitrogens with one attached hydrogen (secondary N) is 1. The zero-order valence-electron chi connectivity index (χ0n) is 14.2. The summed E-state index contributed by atoms with van der Waals surface area (Å²) in [6, 6.07) is 12.9. The third-order valence-electron chi connectivity index (χ3n) is 5.24. The van der Waals surface area contributed by atoms with Crippen LogP contribution in [0.3, 0.4) is 0 Å². The minimum absolute atomic E-state index is 0.00570.